The molecule has 2 heterocycles. The third-order valence-corrected chi connectivity index (χ3v) is 7.96. The smallest absolute Gasteiger partial charge is 0.266 e. The molecule has 31 heavy (non-hydrogen) atoms. The molecule has 1 atom stereocenters. The van der Waals surface area contributed by atoms with E-state index in [1.54, 1.807) is 55.6 Å². The first-order chi connectivity index (χ1) is 14.7. The van der Waals surface area contributed by atoms with Gasteiger partial charge in [0.25, 0.3) is 15.9 Å². The third kappa shape index (κ3) is 2.29. The lowest BCUT2D eigenvalue weighted by Crippen LogP contribution is -2.56. The molecule has 1 amide bonds. The van der Waals surface area contributed by atoms with Crippen LogP contribution in [0.1, 0.15) is 27.0 Å². The number of anilines is 2. The molecule has 2 aliphatic heterocycles. The Morgan fingerprint density at radius 1 is 0.839 bits per heavy atom. The summed E-state index contributed by atoms with van der Waals surface area (Å²) in [5.74, 6) is -1.10. The highest BCUT2D eigenvalue weighted by Crippen LogP contribution is 2.55. The van der Waals surface area contributed by atoms with E-state index in [4.69, 9.17) is 0 Å². The monoisotopic (exact) mass is 432 g/mol. The van der Waals surface area contributed by atoms with Crippen molar-refractivity contribution in [3.63, 3.8) is 0 Å². The number of hydrogen-bond donors (Lipinski definition) is 0. The molecule has 3 aromatic carbocycles. The van der Waals surface area contributed by atoms with Gasteiger partial charge in [-0.05, 0) is 43.7 Å². The van der Waals surface area contributed by atoms with Gasteiger partial charge in [0.2, 0.25) is 11.3 Å². The normalized spacial score (nSPS) is 19.8. The summed E-state index contributed by atoms with van der Waals surface area (Å²) in [6.45, 7) is 3.70. The van der Waals surface area contributed by atoms with E-state index in [9.17, 15) is 18.0 Å². The number of nitrogens with zero attached hydrogens (tertiary/aromatic N) is 2. The second kappa shape index (κ2) is 6.28. The molecule has 0 fully saturated rings. The van der Waals surface area contributed by atoms with Gasteiger partial charge in [0, 0.05) is 18.2 Å². The summed E-state index contributed by atoms with van der Waals surface area (Å²) in [4.78, 5) is 29.0. The van der Waals surface area contributed by atoms with Crippen LogP contribution in [0.4, 0.5) is 11.4 Å². The average Bonchev–Trinajstić information content (AvgIpc) is 3.15. The lowest BCUT2D eigenvalue weighted by molar-refractivity contribution is -0.120. The quantitative estimate of drug-likeness (QED) is 0.581. The molecule has 156 valence electrons. The van der Waals surface area contributed by atoms with Crippen LogP contribution in [0.5, 0.6) is 0 Å². The molecule has 7 heteroatoms. The third-order valence-electron chi connectivity index (χ3n) is 6.14. The Morgan fingerprint density at radius 3 is 2.23 bits per heavy atom. The van der Waals surface area contributed by atoms with Gasteiger partial charge in [-0.2, -0.15) is 0 Å². The molecular weight excluding hydrogens is 412 g/mol. The summed E-state index contributed by atoms with van der Waals surface area (Å²) in [7, 11) is -2.66. The molecular formula is C24H20N2O4S. The number of likely N-dealkylation sites (N-methyl/N-ethyl adjacent to an activating group) is 1. The maximum absolute atomic E-state index is 14.0. The van der Waals surface area contributed by atoms with Crippen LogP contribution in [0.25, 0.3) is 0 Å². The average molecular weight is 433 g/mol. The first-order valence-corrected chi connectivity index (χ1v) is 11.3. The number of carbonyl (C=O) groups is 2. The van der Waals surface area contributed by atoms with Crippen molar-refractivity contribution in [3.05, 3.63) is 89.0 Å². The fourth-order valence-corrected chi connectivity index (χ4v) is 6.44. The van der Waals surface area contributed by atoms with Crippen LogP contribution in [-0.2, 0) is 20.4 Å². The van der Waals surface area contributed by atoms with Crippen LogP contribution >= 0.6 is 0 Å². The summed E-state index contributed by atoms with van der Waals surface area (Å²) in [6.07, 6.45) is 0. The van der Waals surface area contributed by atoms with Gasteiger partial charge in [-0.25, -0.2) is 12.7 Å². The standard InChI is InChI=1S/C24H20N2O4S/c1-15-11-13-17(14-12-15)31(29,30)26-20-10-5-4-8-18(20)22(27)24(26)19-9-6-7-16(2)21(19)25(3)23(24)28/h4-14H,1-3H3. The first-order valence-electron chi connectivity index (χ1n) is 9.86. The molecule has 5 rings (SSSR count). The van der Waals surface area contributed by atoms with Crippen molar-refractivity contribution in [2.75, 3.05) is 16.3 Å². The SMILES string of the molecule is Cc1ccc(S(=O)(=O)N2c3ccccc3C(=O)C23C(=O)N(C)c2c(C)cccc23)cc1. The van der Waals surface area contributed by atoms with Crippen LogP contribution in [0.2, 0.25) is 0 Å². The first kappa shape index (κ1) is 19.5. The van der Waals surface area contributed by atoms with Crippen LogP contribution in [0.15, 0.2) is 71.6 Å². The molecule has 0 saturated carbocycles. The number of Topliss-reactive ketones (excluding diaryl/α,β-unsaturated/α-hetero) is 1. The summed E-state index contributed by atoms with van der Waals surface area (Å²) >= 11 is 0. The van der Waals surface area contributed by atoms with Crippen molar-refractivity contribution in [2.24, 2.45) is 0 Å². The van der Waals surface area contributed by atoms with Gasteiger partial charge >= 0.3 is 0 Å². The van der Waals surface area contributed by atoms with Crippen molar-refractivity contribution < 1.29 is 18.0 Å². The zero-order valence-corrected chi connectivity index (χ0v) is 18.1. The topological polar surface area (TPSA) is 74.8 Å². The number of ketones is 1. The maximum Gasteiger partial charge on any atom is 0.266 e. The van der Waals surface area contributed by atoms with E-state index in [-0.39, 0.29) is 16.1 Å². The molecule has 0 aromatic heterocycles. The second-order valence-electron chi connectivity index (χ2n) is 7.97. The molecule has 0 N–H and O–H groups in total. The van der Waals surface area contributed by atoms with Crippen LogP contribution in [-0.4, -0.2) is 27.2 Å². The lowest BCUT2D eigenvalue weighted by Gasteiger charge is -2.33. The Bertz CT molecular complexity index is 1380. The van der Waals surface area contributed by atoms with E-state index >= 15 is 0 Å². The van der Waals surface area contributed by atoms with Gasteiger partial charge in [0.1, 0.15) is 0 Å². The highest BCUT2D eigenvalue weighted by molar-refractivity contribution is 7.93. The summed E-state index contributed by atoms with van der Waals surface area (Å²) in [5.41, 5.74) is 1.09. The van der Waals surface area contributed by atoms with Gasteiger partial charge in [0.15, 0.2) is 0 Å². The molecule has 3 aromatic rings. The zero-order valence-electron chi connectivity index (χ0n) is 17.3. The molecule has 1 spiro atoms. The highest BCUT2D eigenvalue weighted by atomic mass is 32.2. The van der Waals surface area contributed by atoms with Crippen molar-refractivity contribution in [1.29, 1.82) is 0 Å². The van der Waals surface area contributed by atoms with Crippen LogP contribution < -0.4 is 9.21 Å². The fraction of sp³-hybridized carbons (Fsp3) is 0.167. The van der Waals surface area contributed by atoms with E-state index < -0.39 is 27.3 Å². The van der Waals surface area contributed by atoms with Gasteiger partial charge in [-0.3, -0.25) is 9.59 Å². The molecule has 0 saturated heterocycles. The molecule has 0 bridgehead atoms. The Morgan fingerprint density at radius 2 is 1.52 bits per heavy atom. The Kier molecular flexibility index (Phi) is 3.95. The molecule has 0 aliphatic carbocycles. The molecule has 2 aliphatic rings. The van der Waals surface area contributed by atoms with E-state index in [0.29, 0.717) is 11.3 Å². The number of fused-ring (bicyclic) bond motifs is 3. The van der Waals surface area contributed by atoms with Crippen molar-refractivity contribution in [3.8, 4) is 0 Å². The zero-order chi connectivity index (χ0) is 22.1. The molecule has 6 nitrogen and oxygen atoms in total. The summed E-state index contributed by atoms with van der Waals surface area (Å²) in [6, 6.07) is 18.2. The largest absolute Gasteiger partial charge is 0.312 e. The van der Waals surface area contributed by atoms with E-state index in [0.717, 1.165) is 15.4 Å². The van der Waals surface area contributed by atoms with Gasteiger partial charge in [-0.1, -0.05) is 48.0 Å². The minimum absolute atomic E-state index is 0.0264. The minimum Gasteiger partial charge on any atom is -0.312 e. The van der Waals surface area contributed by atoms with E-state index in [1.807, 2.05) is 19.9 Å². The molecule has 1 unspecified atom stereocenters. The van der Waals surface area contributed by atoms with Crippen molar-refractivity contribution in [1.82, 2.24) is 0 Å². The fourth-order valence-electron chi connectivity index (χ4n) is 4.71. The van der Waals surface area contributed by atoms with Gasteiger partial charge in [0.05, 0.1) is 16.3 Å². The van der Waals surface area contributed by atoms with Crippen molar-refractivity contribution in [2.45, 2.75) is 24.3 Å². The number of para-hydroxylation sites is 2. The number of carbonyl (C=O) groups excluding carboxylic acids is 2. The van der Waals surface area contributed by atoms with E-state index in [1.165, 1.54) is 17.0 Å². The maximum atomic E-state index is 14.0. The Hall–Kier alpha value is -3.45. The number of sulfonamides is 1. The van der Waals surface area contributed by atoms with Gasteiger partial charge in [-0.15, -0.1) is 0 Å². The van der Waals surface area contributed by atoms with E-state index in [2.05, 4.69) is 0 Å². The van der Waals surface area contributed by atoms with Crippen LogP contribution in [0, 0.1) is 13.8 Å². The van der Waals surface area contributed by atoms with Gasteiger partial charge < -0.3 is 4.90 Å². The Balaban J connectivity index is 1.89. The lowest BCUT2D eigenvalue weighted by atomic mass is 9.86. The highest BCUT2D eigenvalue weighted by Gasteiger charge is 2.67. The number of amides is 1. The van der Waals surface area contributed by atoms with Crippen LogP contribution in [0.3, 0.4) is 0 Å². The second-order valence-corrected chi connectivity index (χ2v) is 9.76. The predicted molar refractivity (Wildman–Crippen MR) is 118 cm³/mol. The number of rotatable bonds is 2. The predicted octanol–water partition coefficient (Wildman–Crippen LogP) is 3.57. The minimum atomic E-state index is -4.24. The summed E-state index contributed by atoms with van der Waals surface area (Å²) < 4.78 is 29.0. The Labute approximate surface area is 180 Å². The number of aryl methyl sites for hydroxylation is 2. The van der Waals surface area contributed by atoms with Crippen molar-refractivity contribution >= 4 is 33.1 Å². The summed E-state index contributed by atoms with van der Waals surface area (Å²) in [5, 5.41) is 0. The molecule has 0 radical (unpaired) electrons. The number of benzene rings is 3. The number of hydrogen-bond acceptors (Lipinski definition) is 4.